The molecule has 21 heavy (non-hydrogen) atoms. The van der Waals surface area contributed by atoms with Crippen molar-refractivity contribution in [3.63, 3.8) is 0 Å². The van der Waals surface area contributed by atoms with Crippen LogP contribution in [0.5, 0.6) is 0 Å². The van der Waals surface area contributed by atoms with Crippen molar-refractivity contribution < 1.29 is 36.3 Å². The standard InChI is InChI=1S/C12H10F5NO3/c13-8-6(9(14)11(16)12(17)10(8)15)4-21-7(20)2-1-5(19)3-18/h1-4,18H2. The molecule has 0 aromatic heterocycles. The number of halogens is 5. The minimum Gasteiger partial charge on any atom is -0.461 e. The number of esters is 1. The van der Waals surface area contributed by atoms with E-state index in [0.29, 0.717) is 0 Å². The van der Waals surface area contributed by atoms with Crippen LogP contribution in [0.25, 0.3) is 0 Å². The van der Waals surface area contributed by atoms with Crippen molar-refractivity contribution in [2.24, 2.45) is 5.73 Å². The van der Waals surface area contributed by atoms with Gasteiger partial charge in [0, 0.05) is 6.42 Å². The lowest BCUT2D eigenvalue weighted by molar-refractivity contribution is -0.146. The lowest BCUT2D eigenvalue weighted by atomic mass is 10.2. The first-order valence-electron chi connectivity index (χ1n) is 5.67. The summed E-state index contributed by atoms with van der Waals surface area (Å²) in [7, 11) is 0. The van der Waals surface area contributed by atoms with Crippen LogP contribution in [0, 0.1) is 29.1 Å². The van der Waals surface area contributed by atoms with Gasteiger partial charge in [0.05, 0.1) is 18.5 Å². The molecular weight excluding hydrogens is 301 g/mol. The van der Waals surface area contributed by atoms with Crippen molar-refractivity contribution in [3.05, 3.63) is 34.6 Å². The molecule has 1 rings (SSSR count). The highest BCUT2D eigenvalue weighted by molar-refractivity contribution is 5.84. The van der Waals surface area contributed by atoms with Gasteiger partial charge in [0.1, 0.15) is 12.4 Å². The molecule has 0 aliphatic rings. The minimum absolute atomic E-state index is 0.244. The molecule has 0 spiro atoms. The third-order valence-corrected chi connectivity index (χ3v) is 2.51. The molecule has 116 valence electrons. The van der Waals surface area contributed by atoms with Crippen LogP contribution in [0.1, 0.15) is 18.4 Å². The number of ketones is 1. The lowest BCUT2D eigenvalue weighted by Gasteiger charge is -2.09. The summed E-state index contributed by atoms with van der Waals surface area (Å²) >= 11 is 0. The van der Waals surface area contributed by atoms with Gasteiger partial charge in [-0.3, -0.25) is 9.59 Å². The molecular formula is C12H10F5NO3. The average Bonchev–Trinajstić information content (AvgIpc) is 2.48. The van der Waals surface area contributed by atoms with Gasteiger partial charge in [-0.25, -0.2) is 22.0 Å². The summed E-state index contributed by atoms with van der Waals surface area (Å²) in [5.74, 6) is -12.2. The maximum atomic E-state index is 13.2. The van der Waals surface area contributed by atoms with Crippen molar-refractivity contribution in [2.75, 3.05) is 6.54 Å². The Morgan fingerprint density at radius 2 is 1.33 bits per heavy atom. The third kappa shape index (κ3) is 3.97. The number of carbonyl (C=O) groups excluding carboxylic acids is 2. The summed E-state index contributed by atoms with van der Waals surface area (Å²) in [4.78, 5) is 22.0. The first-order valence-corrected chi connectivity index (χ1v) is 5.67. The van der Waals surface area contributed by atoms with Gasteiger partial charge >= 0.3 is 5.97 Å². The zero-order valence-corrected chi connectivity index (χ0v) is 10.5. The Morgan fingerprint density at radius 1 is 0.857 bits per heavy atom. The second-order valence-electron chi connectivity index (χ2n) is 3.95. The van der Waals surface area contributed by atoms with Crippen LogP contribution >= 0.6 is 0 Å². The molecule has 4 nitrogen and oxygen atoms in total. The predicted molar refractivity (Wildman–Crippen MR) is 59.3 cm³/mol. The van der Waals surface area contributed by atoms with E-state index in [1.807, 2.05) is 0 Å². The van der Waals surface area contributed by atoms with Crippen LogP contribution in [0.2, 0.25) is 0 Å². The molecule has 0 heterocycles. The SMILES string of the molecule is NCC(=O)CCC(=O)OCc1c(F)c(F)c(F)c(F)c1F. The van der Waals surface area contributed by atoms with Gasteiger partial charge in [-0.15, -0.1) is 0 Å². The van der Waals surface area contributed by atoms with E-state index in [4.69, 9.17) is 5.73 Å². The monoisotopic (exact) mass is 311 g/mol. The van der Waals surface area contributed by atoms with Crippen LogP contribution in [-0.4, -0.2) is 18.3 Å². The minimum atomic E-state index is -2.30. The number of hydrogen-bond donors (Lipinski definition) is 1. The number of rotatable bonds is 6. The zero-order valence-electron chi connectivity index (χ0n) is 10.5. The maximum absolute atomic E-state index is 13.2. The second kappa shape index (κ2) is 7.11. The third-order valence-electron chi connectivity index (χ3n) is 2.51. The number of carbonyl (C=O) groups is 2. The Morgan fingerprint density at radius 3 is 1.81 bits per heavy atom. The second-order valence-corrected chi connectivity index (χ2v) is 3.95. The summed E-state index contributed by atoms with van der Waals surface area (Å²) in [5.41, 5.74) is 3.73. The van der Waals surface area contributed by atoms with E-state index >= 15 is 0 Å². The molecule has 0 unspecified atom stereocenters. The quantitative estimate of drug-likeness (QED) is 0.376. The van der Waals surface area contributed by atoms with Crippen LogP contribution in [0.4, 0.5) is 22.0 Å². The fraction of sp³-hybridized carbons (Fsp3) is 0.333. The lowest BCUT2D eigenvalue weighted by Crippen LogP contribution is -2.16. The average molecular weight is 311 g/mol. The molecule has 0 bridgehead atoms. The Bertz CT molecular complexity index is 547. The van der Waals surface area contributed by atoms with Gasteiger partial charge in [-0.2, -0.15) is 0 Å². The van der Waals surface area contributed by atoms with Gasteiger partial charge < -0.3 is 10.5 Å². The topological polar surface area (TPSA) is 69.4 Å². The van der Waals surface area contributed by atoms with Crippen LogP contribution in [0.15, 0.2) is 0 Å². The smallest absolute Gasteiger partial charge is 0.306 e. The largest absolute Gasteiger partial charge is 0.461 e. The molecule has 1 aromatic carbocycles. The number of benzene rings is 1. The predicted octanol–water partition coefficient (Wildman–Crippen LogP) is 1.73. The van der Waals surface area contributed by atoms with E-state index in [1.54, 1.807) is 0 Å². The van der Waals surface area contributed by atoms with Crippen LogP contribution in [0.3, 0.4) is 0 Å². The molecule has 0 saturated carbocycles. The Balaban J connectivity index is 2.76. The van der Waals surface area contributed by atoms with Gasteiger partial charge in [0.25, 0.3) is 0 Å². The molecule has 0 aliphatic carbocycles. The van der Waals surface area contributed by atoms with E-state index in [9.17, 15) is 31.5 Å². The van der Waals surface area contributed by atoms with Crippen LogP contribution < -0.4 is 5.73 Å². The van der Waals surface area contributed by atoms with Gasteiger partial charge in [0.2, 0.25) is 5.82 Å². The molecule has 9 heteroatoms. The van der Waals surface area contributed by atoms with Crippen molar-refractivity contribution in [1.82, 2.24) is 0 Å². The van der Waals surface area contributed by atoms with Crippen molar-refractivity contribution in [3.8, 4) is 0 Å². The first kappa shape index (κ1) is 17.0. The number of ether oxygens (including phenoxy) is 1. The number of Topliss-reactive ketones (excluding diaryl/α,β-unsaturated/α-hetero) is 1. The van der Waals surface area contributed by atoms with E-state index in [-0.39, 0.29) is 13.0 Å². The fourth-order valence-corrected chi connectivity index (χ4v) is 1.35. The van der Waals surface area contributed by atoms with E-state index in [0.717, 1.165) is 0 Å². The number of hydrogen-bond acceptors (Lipinski definition) is 4. The Kier molecular flexibility index (Phi) is 5.77. The van der Waals surface area contributed by atoms with Crippen molar-refractivity contribution >= 4 is 11.8 Å². The molecule has 0 fully saturated rings. The number of nitrogens with two attached hydrogens (primary N) is 1. The highest BCUT2D eigenvalue weighted by atomic mass is 19.2. The van der Waals surface area contributed by atoms with E-state index in [2.05, 4.69) is 4.74 Å². The fourth-order valence-electron chi connectivity index (χ4n) is 1.35. The first-order chi connectivity index (χ1) is 9.79. The summed E-state index contributed by atoms with van der Waals surface area (Å²) in [5, 5.41) is 0. The van der Waals surface area contributed by atoms with Gasteiger partial charge in [0.15, 0.2) is 23.3 Å². The summed E-state index contributed by atoms with van der Waals surface area (Å²) in [6.45, 7) is -1.42. The Hall–Kier alpha value is -2.03. The summed E-state index contributed by atoms with van der Waals surface area (Å²) in [6.07, 6.45) is -0.655. The maximum Gasteiger partial charge on any atom is 0.306 e. The molecule has 0 saturated heterocycles. The van der Waals surface area contributed by atoms with E-state index in [1.165, 1.54) is 0 Å². The molecule has 0 amide bonds. The van der Waals surface area contributed by atoms with Crippen LogP contribution in [-0.2, 0) is 20.9 Å². The molecule has 1 aromatic rings. The summed E-state index contributed by atoms with van der Waals surface area (Å²) in [6, 6.07) is 0. The summed E-state index contributed by atoms with van der Waals surface area (Å²) < 4.78 is 69.3. The Labute approximate surface area is 115 Å². The zero-order chi connectivity index (χ0) is 16.2. The van der Waals surface area contributed by atoms with Crippen molar-refractivity contribution in [1.29, 1.82) is 0 Å². The molecule has 2 N–H and O–H groups in total. The highest BCUT2D eigenvalue weighted by Crippen LogP contribution is 2.23. The van der Waals surface area contributed by atoms with Crippen molar-refractivity contribution in [2.45, 2.75) is 19.4 Å². The normalized spacial score (nSPS) is 10.6. The molecule has 0 aliphatic heterocycles. The van der Waals surface area contributed by atoms with Gasteiger partial charge in [-0.05, 0) is 0 Å². The van der Waals surface area contributed by atoms with Gasteiger partial charge in [-0.1, -0.05) is 0 Å². The molecule has 0 radical (unpaired) electrons. The molecule has 0 atom stereocenters. The highest BCUT2D eigenvalue weighted by Gasteiger charge is 2.26. The van der Waals surface area contributed by atoms with E-state index < -0.39 is 59.4 Å².